The van der Waals surface area contributed by atoms with Crippen LogP contribution in [-0.4, -0.2) is 62.5 Å². The zero-order valence-electron chi connectivity index (χ0n) is 22.6. The van der Waals surface area contributed by atoms with Crippen LogP contribution >= 0.6 is 8.60 Å². The molecule has 2 unspecified atom stereocenters. The molecule has 0 radical (unpaired) electrons. The maximum atomic E-state index is 11.7. The van der Waals surface area contributed by atoms with Gasteiger partial charge in [-0.3, -0.25) is 0 Å². The number of carbonyl (C=O) groups excluding carboxylic acids is 1. The molecule has 0 saturated carbocycles. The third kappa shape index (κ3) is 24.7. The molecule has 0 rings (SSSR count). The second-order valence-corrected chi connectivity index (χ2v) is 10.3. The fraction of sp³-hybridized carbons (Fsp3) is 0.962. The van der Waals surface area contributed by atoms with Gasteiger partial charge in [0.05, 0.1) is 19.8 Å². The molecular weight excluding hydrogens is 453 g/mol. The lowest BCUT2D eigenvalue weighted by Crippen LogP contribution is -2.24. The third-order valence-corrected chi connectivity index (χ3v) is 6.54. The predicted molar refractivity (Wildman–Crippen MR) is 141 cm³/mol. The van der Waals surface area contributed by atoms with E-state index in [9.17, 15) is 9.69 Å². The summed E-state index contributed by atoms with van der Waals surface area (Å²) in [5.74, 6) is 0. The normalized spacial score (nSPS) is 13.2. The molecule has 34 heavy (non-hydrogen) atoms. The van der Waals surface area contributed by atoms with Gasteiger partial charge < -0.3 is 28.3 Å². The second-order valence-electron chi connectivity index (χ2n) is 9.33. The molecule has 0 saturated heterocycles. The van der Waals surface area contributed by atoms with E-state index >= 15 is 0 Å². The van der Waals surface area contributed by atoms with E-state index in [0.717, 1.165) is 12.8 Å². The van der Waals surface area contributed by atoms with Crippen LogP contribution in [0.5, 0.6) is 0 Å². The Bertz CT molecular complexity index is 442. The molecule has 0 aliphatic heterocycles. The minimum absolute atomic E-state index is 0.113. The van der Waals surface area contributed by atoms with Gasteiger partial charge in [-0.1, -0.05) is 96.8 Å². The molecule has 0 amide bonds. The summed E-state index contributed by atoms with van der Waals surface area (Å²) < 4.78 is 20.9. The summed E-state index contributed by atoms with van der Waals surface area (Å²) in [6.45, 7) is 5.48. The van der Waals surface area contributed by atoms with Gasteiger partial charge in [-0.05, 0) is 33.9 Å². The highest BCUT2D eigenvalue weighted by atomic mass is 31.2. The Kier molecular flexibility index (Phi) is 25.3. The first-order valence-corrected chi connectivity index (χ1v) is 14.9. The summed E-state index contributed by atoms with van der Waals surface area (Å²) >= 11 is 0. The van der Waals surface area contributed by atoms with E-state index in [2.05, 4.69) is 6.92 Å². The largest absolute Gasteiger partial charge is 0.508 e. The lowest BCUT2D eigenvalue weighted by atomic mass is 10.0. The topological polar surface area (TPSA) is 77.5 Å². The smallest absolute Gasteiger partial charge is 0.435 e. The van der Waals surface area contributed by atoms with Crippen LogP contribution in [0.1, 0.15) is 117 Å². The van der Waals surface area contributed by atoms with Crippen LogP contribution in [0.2, 0.25) is 0 Å². The highest BCUT2D eigenvalue weighted by molar-refractivity contribution is 7.40. The van der Waals surface area contributed by atoms with Crippen molar-refractivity contribution < 1.29 is 28.2 Å². The summed E-state index contributed by atoms with van der Waals surface area (Å²) in [7, 11) is 1.90. The lowest BCUT2D eigenvalue weighted by molar-refractivity contribution is 0.00232. The summed E-state index contributed by atoms with van der Waals surface area (Å²) in [5.41, 5.74) is 0. The number of carbonyl (C=O) groups is 1. The van der Waals surface area contributed by atoms with Crippen molar-refractivity contribution in [3.05, 3.63) is 0 Å². The molecule has 0 aromatic heterocycles. The maximum absolute atomic E-state index is 11.7. The van der Waals surface area contributed by atoms with Gasteiger partial charge in [0.25, 0.3) is 0 Å². The van der Waals surface area contributed by atoms with Crippen LogP contribution in [0.3, 0.4) is 0 Å². The van der Waals surface area contributed by atoms with E-state index in [1.165, 1.54) is 83.5 Å². The third-order valence-electron chi connectivity index (χ3n) is 5.77. The van der Waals surface area contributed by atoms with Crippen LogP contribution in [0.15, 0.2) is 0 Å². The summed E-state index contributed by atoms with van der Waals surface area (Å²) in [4.78, 5) is 23.6. The van der Waals surface area contributed by atoms with Crippen molar-refractivity contribution in [3.8, 4) is 0 Å². The molecule has 204 valence electrons. The summed E-state index contributed by atoms with van der Waals surface area (Å²) in [6.07, 6.45) is 19.2. The predicted octanol–water partition coefficient (Wildman–Crippen LogP) is 7.60. The molecule has 0 aromatic carbocycles. The van der Waals surface area contributed by atoms with Gasteiger partial charge in [-0.2, -0.15) is 0 Å². The monoisotopic (exact) mass is 507 g/mol. The standard InChI is InChI=1S/C26H54NO6P/c1-5-7-8-9-10-11-12-13-14-15-16-17-18-19-20-21-25(33-26(28)30-6-2)24-32-34(29)31-23-22-27(3)4/h25,29H,5-24H2,1-4H3. The SMILES string of the molecule is CCCCCCCCCCCCCCCCCC(COP(O)OCCN(C)C)OC(=O)OCC. The van der Waals surface area contributed by atoms with E-state index in [4.69, 9.17) is 18.5 Å². The molecule has 0 heterocycles. The first-order chi connectivity index (χ1) is 16.5. The second kappa shape index (κ2) is 25.6. The van der Waals surface area contributed by atoms with Crippen LogP contribution in [0.25, 0.3) is 0 Å². The molecule has 0 spiro atoms. The van der Waals surface area contributed by atoms with Gasteiger partial charge in [-0.25, -0.2) is 4.79 Å². The van der Waals surface area contributed by atoms with Crippen molar-refractivity contribution in [1.82, 2.24) is 4.90 Å². The Labute approximate surface area is 211 Å². The van der Waals surface area contributed by atoms with E-state index in [1.807, 2.05) is 19.0 Å². The number of unbranched alkanes of at least 4 members (excludes halogenated alkanes) is 14. The maximum Gasteiger partial charge on any atom is 0.508 e. The Balaban J connectivity index is 3.80. The Hall–Kier alpha value is -0.460. The molecule has 0 aromatic rings. The average Bonchev–Trinajstić information content (AvgIpc) is 2.79. The molecular formula is C26H54NO6P. The van der Waals surface area contributed by atoms with Gasteiger partial charge in [0, 0.05) is 6.54 Å². The zero-order chi connectivity index (χ0) is 25.3. The molecule has 0 aliphatic rings. The van der Waals surface area contributed by atoms with Crippen molar-refractivity contribution in [2.75, 3.05) is 40.5 Å². The van der Waals surface area contributed by atoms with E-state index in [1.54, 1.807) is 6.92 Å². The molecule has 0 aliphatic carbocycles. The van der Waals surface area contributed by atoms with Crippen LogP contribution in [0, 0.1) is 0 Å². The van der Waals surface area contributed by atoms with Crippen molar-refractivity contribution in [1.29, 1.82) is 0 Å². The van der Waals surface area contributed by atoms with Crippen LogP contribution < -0.4 is 0 Å². The van der Waals surface area contributed by atoms with E-state index in [-0.39, 0.29) is 13.2 Å². The first-order valence-electron chi connectivity index (χ1n) is 13.7. The summed E-state index contributed by atoms with van der Waals surface area (Å²) in [5, 5.41) is 0. The quantitative estimate of drug-likeness (QED) is 0.0774. The van der Waals surface area contributed by atoms with Gasteiger partial charge in [-0.15, -0.1) is 0 Å². The Morgan fingerprint density at radius 3 is 1.76 bits per heavy atom. The Morgan fingerprint density at radius 2 is 1.29 bits per heavy atom. The van der Waals surface area contributed by atoms with Crippen molar-refractivity contribution in [2.24, 2.45) is 0 Å². The number of rotatable bonds is 25. The fourth-order valence-corrected chi connectivity index (χ4v) is 4.30. The van der Waals surface area contributed by atoms with E-state index < -0.39 is 20.9 Å². The van der Waals surface area contributed by atoms with Crippen molar-refractivity contribution in [2.45, 2.75) is 123 Å². The highest BCUT2D eigenvalue weighted by Gasteiger charge is 2.18. The van der Waals surface area contributed by atoms with Gasteiger partial charge in [0.15, 0.2) is 0 Å². The number of hydrogen-bond donors (Lipinski definition) is 1. The lowest BCUT2D eigenvalue weighted by Gasteiger charge is -2.19. The van der Waals surface area contributed by atoms with Crippen LogP contribution in [0.4, 0.5) is 4.79 Å². The Morgan fingerprint density at radius 1 is 0.794 bits per heavy atom. The fourth-order valence-electron chi connectivity index (χ4n) is 3.69. The molecule has 8 heteroatoms. The molecule has 1 N–H and O–H groups in total. The average molecular weight is 508 g/mol. The molecule has 0 bridgehead atoms. The van der Waals surface area contributed by atoms with Crippen molar-refractivity contribution in [3.63, 3.8) is 0 Å². The van der Waals surface area contributed by atoms with Gasteiger partial charge >= 0.3 is 14.8 Å². The minimum Gasteiger partial charge on any atom is -0.435 e. The zero-order valence-corrected chi connectivity index (χ0v) is 23.5. The summed E-state index contributed by atoms with van der Waals surface area (Å²) in [6, 6.07) is 0. The number of ether oxygens (including phenoxy) is 2. The van der Waals surface area contributed by atoms with Crippen LogP contribution in [-0.2, 0) is 18.5 Å². The number of nitrogens with zero attached hydrogens (tertiary/aromatic N) is 1. The number of hydrogen-bond acceptors (Lipinski definition) is 7. The highest BCUT2D eigenvalue weighted by Crippen LogP contribution is 2.33. The van der Waals surface area contributed by atoms with Gasteiger partial charge in [0.1, 0.15) is 6.10 Å². The van der Waals surface area contributed by atoms with Crippen molar-refractivity contribution >= 4 is 14.8 Å². The molecule has 2 atom stereocenters. The first kappa shape index (κ1) is 33.5. The molecule has 7 nitrogen and oxygen atoms in total. The number of likely N-dealkylation sites (N-methyl/N-ethyl adjacent to an activating group) is 1. The van der Waals surface area contributed by atoms with E-state index in [0.29, 0.717) is 19.6 Å². The minimum atomic E-state index is -1.97. The molecule has 0 fully saturated rings. The van der Waals surface area contributed by atoms with Gasteiger partial charge in [0.2, 0.25) is 0 Å².